The van der Waals surface area contributed by atoms with E-state index >= 15 is 0 Å². The summed E-state index contributed by atoms with van der Waals surface area (Å²) in [6, 6.07) is 0. The standard InChI is InChI=1S/C14H27NO/c1-11-3-4-13(9-12(11)2)16-10-14(5-6-14)7-8-15/h11-13H,3-10,15H2,1-2H3. The van der Waals surface area contributed by atoms with E-state index in [1.807, 2.05) is 0 Å². The van der Waals surface area contributed by atoms with Crippen molar-refractivity contribution in [3.05, 3.63) is 0 Å². The molecule has 0 aromatic carbocycles. The fourth-order valence-corrected chi connectivity index (χ4v) is 2.89. The zero-order valence-electron chi connectivity index (χ0n) is 10.9. The van der Waals surface area contributed by atoms with Crippen molar-refractivity contribution in [1.82, 2.24) is 0 Å². The summed E-state index contributed by atoms with van der Waals surface area (Å²) in [6.07, 6.45) is 8.23. The lowest BCUT2D eigenvalue weighted by molar-refractivity contribution is -0.0200. The summed E-state index contributed by atoms with van der Waals surface area (Å²) in [5.74, 6) is 1.72. The second kappa shape index (κ2) is 5.05. The van der Waals surface area contributed by atoms with Gasteiger partial charge in [0.05, 0.1) is 12.7 Å². The van der Waals surface area contributed by atoms with Gasteiger partial charge in [0.15, 0.2) is 0 Å². The summed E-state index contributed by atoms with van der Waals surface area (Å²) in [6.45, 7) is 6.53. The first-order valence-corrected chi connectivity index (χ1v) is 6.97. The molecule has 3 unspecified atom stereocenters. The van der Waals surface area contributed by atoms with E-state index in [4.69, 9.17) is 10.5 Å². The lowest BCUT2D eigenvalue weighted by Gasteiger charge is -2.33. The molecule has 0 bridgehead atoms. The summed E-state index contributed by atoms with van der Waals surface area (Å²) in [5.41, 5.74) is 6.14. The summed E-state index contributed by atoms with van der Waals surface area (Å²) < 4.78 is 6.13. The maximum absolute atomic E-state index is 6.13. The molecule has 0 saturated heterocycles. The number of ether oxygens (including phenoxy) is 1. The highest BCUT2D eigenvalue weighted by Gasteiger charge is 2.42. The van der Waals surface area contributed by atoms with Crippen LogP contribution in [0.25, 0.3) is 0 Å². The maximum atomic E-state index is 6.13. The minimum atomic E-state index is 0.487. The van der Waals surface area contributed by atoms with Crippen molar-refractivity contribution in [1.29, 1.82) is 0 Å². The van der Waals surface area contributed by atoms with Gasteiger partial charge >= 0.3 is 0 Å². The summed E-state index contributed by atoms with van der Waals surface area (Å²) in [4.78, 5) is 0. The van der Waals surface area contributed by atoms with E-state index in [0.29, 0.717) is 11.5 Å². The van der Waals surface area contributed by atoms with E-state index in [2.05, 4.69) is 13.8 Å². The Morgan fingerprint density at radius 1 is 1.19 bits per heavy atom. The van der Waals surface area contributed by atoms with Crippen LogP contribution in [0.3, 0.4) is 0 Å². The molecule has 0 spiro atoms. The Morgan fingerprint density at radius 3 is 2.50 bits per heavy atom. The van der Waals surface area contributed by atoms with Crippen LogP contribution in [0, 0.1) is 17.3 Å². The third-order valence-electron chi connectivity index (χ3n) is 4.81. The number of hydrogen-bond donors (Lipinski definition) is 1. The average molecular weight is 225 g/mol. The van der Waals surface area contributed by atoms with Gasteiger partial charge in [0.2, 0.25) is 0 Å². The third kappa shape index (κ3) is 2.98. The van der Waals surface area contributed by atoms with Gasteiger partial charge in [0, 0.05) is 0 Å². The lowest BCUT2D eigenvalue weighted by atomic mass is 9.80. The SMILES string of the molecule is CC1CCC(OCC2(CCN)CC2)CC1C. The smallest absolute Gasteiger partial charge is 0.0578 e. The molecule has 0 heterocycles. The molecule has 2 aliphatic rings. The van der Waals surface area contributed by atoms with Crippen molar-refractivity contribution in [2.24, 2.45) is 23.0 Å². The predicted molar refractivity (Wildman–Crippen MR) is 67.3 cm³/mol. The minimum absolute atomic E-state index is 0.487. The Kier molecular flexibility index (Phi) is 3.91. The Bertz CT molecular complexity index is 225. The first-order chi connectivity index (χ1) is 7.65. The van der Waals surface area contributed by atoms with E-state index in [1.54, 1.807) is 0 Å². The molecule has 2 saturated carbocycles. The zero-order valence-corrected chi connectivity index (χ0v) is 10.9. The van der Waals surface area contributed by atoms with E-state index in [-0.39, 0.29) is 0 Å². The lowest BCUT2D eigenvalue weighted by Crippen LogP contribution is -2.29. The molecule has 2 fully saturated rings. The van der Waals surface area contributed by atoms with Gasteiger partial charge < -0.3 is 10.5 Å². The van der Waals surface area contributed by atoms with Crippen LogP contribution in [-0.2, 0) is 4.74 Å². The summed E-state index contributed by atoms with van der Waals surface area (Å²) >= 11 is 0. The molecular weight excluding hydrogens is 198 g/mol. The largest absolute Gasteiger partial charge is 0.378 e. The maximum Gasteiger partial charge on any atom is 0.0578 e. The van der Waals surface area contributed by atoms with Crippen LogP contribution in [0.2, 0.25) is 0 Å². The Morgan fingerprint density at radius 2 is 1.94 bits per heavy atom. The molecular formula is C14H27NO. The molecule has 0 aromatic heterocycles. The van der Waals surface area contributed by atoms with Crippen LogP contribution >= 0.6 is 0 Å². The van der Waals surface area contributed by atoms with Gasteiger partial charge in [-0.25, -0.2) is 0 Å². The van der Waals surface area contributed by atoms with E-state index in [1.165, 1.54) is 32.1 Å². The molecule has 2 heteroatoms. The Balaban J connectivity index is 1.70. The van der Waals surface area contributed by atoms with Crippen LogP contribution < -0.4 is 5.73 Å². The molecule has 16 heavy (non-hydrogen) atoms. The fourth-order valence-electron chi connectivity index (χ4n) is 2.89. The molecule has 2 N–H and O–H groups in total. The van der Waals surface area contributed by atoms with Crippen molar-refractivity contribution in [3.8, 4) is 0 Å². The second-order valence-electron chi connectivity index (χ2n) is 6.24. The predicted octanol–water partition coefficient (Wildman–Crippen LogP) is 2.96. The van der Waals surface area contributed by atoms with Crippen LogP contribution in [-0.4, -0.2) is 19.3 Å². The van der Waals surface area contributed by atoms with Gasteiger partial charge in [0.25, 0.3) is 0 Å². The normalized spacial score (nSPS) is 37.3. The number of hydrogen-bond acceptors (Lipinski definition) is 2. The molecule has 2 aliphatic carbocycles. The number of nitrogens with two attached hydrogens (primary N) is 1. The first-order valence-electron chi connectivity index (χ1n) is 6.97. The van der Waals surface area contributed by atoms with Crippen molar-refractivity contribution in [2.75, 3.05) is 13.2 Å². The molecule has 0 aromatic rings. The minimum Gasteiger partial charge on any atom is -0.378 e. The van der Waals surface area contributed by atoms with Crippen LogP contribution in [0.15, 0.2) is 0 Å². The topological polar surface area (TPSA) is 35.2 Å². The highest BCUT2D eigenvalue weighted by molar-refractivity contribution is 4.93. The molecule has 2 nitrogen and oxygen atoms in total. The zero-order chi connectivity index (χ0) is 11.6. The Hall–Kier alpha value is -0.0800. The fraction of sp³-hybridized carbons (Fsp3) is 1.00. The molecule has 0 radical (unpaired) electrons. The second-order valence-corrected chi connectivity index (χ2v) is 6.24. The van der Waals surface area contributed by atoms with Crippen molar-refractivity contribution < 1.29 is 4.74 Å². The van der Waals surface area contributed by atoms with Crippen LogP contribution in [0.5, 0.6) is 0 Å². The van der Waals surface area contributed by atoms with Gasteiger partial charge in [-0.15, -0.1) is 0 Å². The quantitative estimate of drug-likeness (QED) is 0.780. The van der Waals surface area contributed by atoms with Gasteiger partial charge in [-0.3, -0.25) is 0 Å². The van der Waals surface area contributed by atoms with Crippen molar-refractivity contribution >= 4 is 0 Å². The van der Waals surface area contributed by atoms with Gasteiger partial charge in [-0.2, -0.15) is 0 Å². The van der Waals surface area contributed by atoms with Gasteiger partial charge in [-0.1, -0.05) is 13.8 Å². The summed E-state index contributed by atoms with van der Waals surface area (Å²) in [5, 5.41) is 0. The first kappa shape index (κ1) is 12.4. The molecule has 3 atom stereocenters. The van der Waals surface area contributed by atoms with Gasteiger partial charge in [0.1, 0.15) is 0 Å². The molecule has 94 valence electrons. The molecule has 2 rings (SSSR count). The Labute approximate surface area is 99.9 Å². The summed E-state index contributed by atoms with van der Waals surface area (Å²) in [7, 11) is 0. The van der Waals surface area contributed by atoms with Crippen LogP contribution in [0.4, 0.5) is 0 Å². The monoisotopic (exact) mass is 225 g/mol. The van der Waals surface area contributed by atoms with E-state index in [9.17, 15) is 0 Å². The average Bonchev–Trinajstić information content (AvgIpc) is 3.01. The number of rotatable bonds is 5. The highest BCUT2D eigenvalue weighted by atomic mass is 16.5. The van der Waals surface area contributed by atoms with Crippen molar-refractivity contribution in [3.63, 3.8) is 0 Å². The molecule has 0 amide bonds. The third-order valence-corrected chi connectivity index (χ3v) is 4.81. The van der Waals surface area contributed by atoms with Crippen molar-refractivity contribution in [2.45, 2.75) is 58.5 Å². The van der Waals surface area contributed by atoms with E-state index in [0.717, 1.165) is 31.4 Å². The van der Waals surface area contributed by atoms with Gasteiger partial charge in [-0.05, 0) is 62.3 Å². The van der Waals surface area contributed by atoms with Crippen LogP contribution in [0.1, 0.15) is 52.4 Å². The highest BCUT2D eigenvalue weighted by Crippen LogP contribution is 2.49. The molecule has 0 aliphatic heterocycles. The van der Waals surface area contributed by atoms with E-state index < -0.39 is 0 Å².